The van der Waals surface area contributed by atoms with Crippen molar-refractivity contribution in [1.82, 2.24) is 4.90 Å². The van der Waals surface area contributed by atoms with Crippen LogP contribution in [-0.2, 0) is 4.79 Å². The molecule has 4 heteroatoms. The topological polar surface area (TPSA) is 38.8 Å². The summed E-state index contributed by atoms with van der Waals surface area (Å²) in [5.41, 5.74) is 3.86. The highest BCUT2D eigenvalue weighted by molar-refractivity contribution is 6.16. The summed E-state index contributed by atoms with van der Waals surface area (Å²) in [6.07, 6.45) is 10.5. The molecule has 0 saturated carbocycles. The molecule has 0 amide bonds. The molecule has 34 heavy (non-hydrogen) atoms. The highest BCUT2D eigenvalue weighted by Crippen LogP contribution is 2.40. The molecule has 0 radical (unpaired) electrons. The number of rotatable bonds is 10. The second kappa shape index (κ2) is 11.5. The molecule has 2 saturated heterocycles. The number of ketones is 1. The van der Waals surface area contributed by atoms with Gasteiger partial charge in [-0.3, -0.25) is 9.69 Å². The van der Waals surface area contributed by atoms with Gasteiger partial charge in [0.05, 0.1) is 13.2 Å². The average molecular weight is 460 g/mol. The van der Waals surface area contributed by atoms with Gasteiger partial charge in [-0.25, -0.2) is 0 Å². The molecular formula is C30H37NO3. The number of hydrogen-bond acceptors (Lipinski definition) is 4. The van der Waals surface area contributed by atoms with Gasteiger partial charge in [0, 0.05) is 23.2 Å². The minimum absolute atomic E-state index is 0.178. The van der Waals surface area contributed by atoms with Crippen LogP contribution in [0.3, 0.4) is 0 Å². The van der Waals surface area contributed by atoms with Gasteiger partial charge in [0.1, 0.15) is 11.5 Å². The van der Waals surface area contributed by atoms with E-state index < -0.39 is 0 Å². The predicted molar refractivity (Wildman–Crippen MR) is 139 cm³/mol. The Morgan fingerprint density at radius 3 is 1.56 bits per heavy atom. The van der Waals surface area contributed by atoms with Crippen molar-refractivity contribution in [2.45, 2.75) is 64.5 Å². The molecule has 2 atom stereocenters. The molecule has 2 aromatic carbocycles. The van der Waals surface area contributed by atoms with Crippen molar-refractivity contribution >= 4 is 17.9 Å². The zero-order chi connectivity index (χ0) is 23.9. The van der Waals surface area contributed by atoms with E-state index in [4.69, 9.17) is 9.47 Å². The zero-order valence-electron chi connectivity index (χ0n) is 20.8. The number of hydrogen-bond donors (Lipinski definition) is 0. The Labute approximate surface area is 204 Å². The van der Waals surface area contributed by atoms with Gasteiger partial charge in [-0.05, 0) is 80.3 Å². The van der Waals surface area contributed by atoms with Gasteiger partial charge in [-0.1, -0.05) is 51.0 Å². The first-order valence-electron chi connectivity index (χ1n) is 12.8. The van der Waals surface area contributed by atoms with Crippen molar-refractivity contribution in [2.75, 3.05) is 20.3 Å². The Balaban J connectivity index is 1.53. The van der Waals surface area contributed by atoms with Gasteiger partial charge in [-0.2, -0.15) is 0 Å². The third-order valence-corrected chi connectivity index (χ3v) is 6.88. The third kappa shape index (κ3) is 5.61. The third-order valence-electron chi connectivity index (χ3n) is 6.88. The van der Waals surface area contributed by atoms with Gasteiger partial charge in [0.15, 0.2) is 5.78 Å². The summed E-state index contributed by atoms with van der Waals surface area (Å²) in [6.45, 7) is 5.80. The molecule has 2 bridgehead atoms. The van der Waals surface area contributed by atoms with E-state index in [1.807, 2.05) is 48.5 Å². The summed E-state index contributed by atoms with van der Waals surface area (Å²) >= 11 is 0. The van der Waals surface area contributed by atoms with Crippen LogP contribution in [0.1, 0.15) is 63.5 Å². The van der Waals surface area contributed by atoms with Crippen molar-refractivity contribution in [2.24, 2.45) is 0 Å². The van der Waals surface area contributed by atoms with Gasteiger partial charge in [0.2, 0.25) is 0 Å². The number of Topliss-reactive ketones (excluding diaryl/α,β-unsaturated/α-hetero) is 1. The number of carbonyl (C=O) groups is 1. The van der Waals surface area contributed by atoms with Crippen LogP contribution in [-0.4, -0.2) is 43.0 Å². The van der Waals surface area contributed by atoms with Gasteiger partial charge < -0.3 is 9.47 Å². The van der Waals surface area contributed by atoms with Crippen LogP contribution in [0.5, 0.6) is 11.5 Å². The van der Waals surface area contributed by atoms with Crippen molar-refractivity contribution in [3.63, 3.8) is 0 Å². The second-order valence-corrected chi connectivity index (χ2v) is 9.34. The molecule has 180 valence electrons. The van der Waals surface area contributed by atoms with Crippen molar-refractivity contribution in [3.8, 4) is 11.5 Å². The van der Waals surface area contributed by atoms with Crippen molar-refractivity contribution in [3.05, 3.63) is 70.8 Å². The number of piperidine rings is 1. The maximum atomic E-state index is 13.6. The fraction of sp³-hybridized carbons (Fsp3) is 0.433. The first-order valence-corrected chi connectivity index (χ1v) is 12.8. The van der Waals surface area contributed by atoms with E-state index in [0.717, 1.165) is 85.5 Å². The van der Waals surface area contributed by atoms with E-state index in [9.17, 15) is 4.79 Å². The smallest absolute Gasteiger partial charge is 0.188 e. The summed E-state index contributed by atoms with van der Waals surface area (Å²) in [7, 11) is 2.14. The van der Waals surface area contributed by atoms with Crippen LogP contribution in [0.4, 0.5) is 0 Å². The van der Waals surface area contributed by atoms with Crippen molar-refractivity contribution in [1.29, 1.82) is 0 Å². The number of carbonyl (C=O) groups excluding carboxylic acids is 1. The quantitative estimate of drug-likeness (QED) is 0.298. The van der Waals surface area contributed by atoms with Crippen molar-refractivity contribution < 1.29 is 14.3 Å². The van der Waals surface area contributed by atoms with Crippen LogP contribution < -0.4 is 9.47 Å². The molecular weight excluding hydrogens is 422 g/mol. The number of likely N-dealkylation sites (N-methyl/N-ethyl adjacent to an activating group) is 1. The maximum Gasteiger partial charge on any atom is 0.188 e. The number of unbranched alkanes of at least 4 members (excludes halogenated alkanes) is 2. The Bertz CT molecular complexity index is 939. The number of fused-ring (bicyclic) bond motifs is 2. The predicted octanol–water partition coefficient (Wildman–Crippen LogP) is 6.56. The first-order chi connectivity index (χ1) is 16.6. The van der Waals surface area contributed by atoms with Gasteiger partial charge in [-0.15, -0.1) is 0 Å². The minimum Gasteiger partial charge on any atom is -0.494 e. The molecule has 0 N–H and O–H groups in total. The van der Waals surface area contributed by atoms with Crippen LogP contribution in [0.15, 0.2) is 59.7 Å². The van der Waals surface area contributed by atoms with E-state index in [1.54, 1.807) is 0 Å². The monoisotopic (exact) mass is 459 g/mol. The standard InChI is InChI=1S/C30H37NO3/c1-4-6-18-33-24-12-8-22(9-13-24)20-26-28-16-17-29(31(28)3)27(30(26)32)21-23-10-14-25(15-11-23)34-19-7-5-2/h8-15,20-21,28-29H,4-7,16-19H2,1-3H3. The summed E-state index contributed by atoms with van der Waals surface area (Å²) in [5.74, 6) is 1.94. The second-order valence-electron chi connectivity index (χ2n) is 9.34. The molecule has 2 fully saturated rings. The van der Waals surface area contributed by atoms with E-state index in [1.165, 1.54) is 0 Å². The zero-order valence-corrected chi connectivity index (χ0v) is 20.8. The largest absolute Gasteiger partial charge is 0.494 e. The molecule has 0 aromatic heterocycles. The first kappa shape index (κ1) is 24.3. The SMILES string of the molecule is CCCCOc1ccc(C=C2C(=O)C(=Cc3ccc(OCCCC)cc3)C3CCC2N3C)cc1. The molecule has 4 nitrogen and oxygen atoms in total. The van der Waals surface area contributed by atoms with E-state index in [2.05, 4.69) is 37.9 Å². The lowest BCUT2D eigenvalue weighted by Gasteiger charge is -2.34. The maximum absolute atomic E-state index is 13.6. The Morgan fingerprint density at radius 1 is 0.765 bits per heavy atom. The highest BCUT2D eigenvalue weighted by Gasteiger charge is 2.44. The van der Waals surface area contributed by atoms with Gasteiger partial charge in [0.25, 0.3) is 0 Å². The van der Waals surface area contributed by atoms with Crippen LogP contribution in [0, 0.1) is 0 Å². The molecule has 4 rings (SSSR count). The fourth-order valence-electron chi connectivity index (χ4n) is 4.83. The summed E-state index contributed by atoms with van der Waals surface area (Å²) in [4.78, 5) is 16.0. The Hall–Kier alpha value is -2.85. The molecule has 2 aromatic rings. The minimum atomic E-state index is 0.178. The van der Waals surface area contributed by atoms with Crippen LogP contribution >= 0.6 is 0 Å². The Kier molecular flexibility index (Phi) is 8.23. The molecule has 0 spiro atoms. The average Bonchev–Trinajstić information content (AvgIpc) is 3.16. The number of nitrogens with zero attached hydrogens (tertiary/aromatic N) is 1. The summed E-state index contributed by atoms with van der Waals surface area (Å²) < 4.78 is 11.6. The van der Waals surface area contributed by atoms with E-state index in [-0.39, 0.29) is 17.9 Å². The molecule has 2 aliphatic heterocycles. The molecule has 2 aliphatic rings. The van der Waals surface area contributed by atoms with Crippen LogP contribution in [0.25, 0.3) is 12.2 Å². The molecule has 2 unspecified atom stereocenters. The lowest BCUT2D eigenvalue weighted by molar-refractivity contribution is -0.114. The number of ether oxygens (including phenoxy) is 2. The molecule has 0 aliphatic carbocycles. The molecule has 2 heterocycles. The van der Waals surface area contributed by atoms with Gasteiger partial charge >= 0.3 is 0 Å². The number of benzene rings is 2. The van der Waals surface area contributed by atoms with Crippen LogP contribution in [0.2, 0.25) is 0 Å². The lowest BCUT2D eigenvalue weighted by Crippen LogP contribution is -2.43. The summed E-state index contributed by atoms with van der Waals surface area (Å²) in [6, 6.07) is 16.5. The highest BCUT2D eigenvalue weighted by atomic mass is 16.5. The Morgan fingerprint density at radius 2 is 1.18 bits per heavy atom. The fourth-order valence-corrected chi connectivity index (χ4v) is 4.83. The normalized spacial score (nSPS) is 22.5. The van der Waals surface area contributed by atoms with E-state index in [0.29, 0.717) is 0 Å². The van der Waals surface area contributed by atoms with E-state index >= 15 is 0 Å². The lowest BCUT2D eigenvalue weighted by atomic mass is 9.88. The summed E-state index contributed by atoms with van der Waals surface area (Å²) in [5, 5.41) is 0.